The Morgan fingerprint density at radius 2 is 1.70 bits per heavy atom. The van der Waals surface area contributed by atoms with Crippen LogP contribution in [-0.2, 0) is 19.6 Å². The van der Waals surface area contributed by atoms with Crippen LogP contribution in [0.25, 0.3) is 0 Å². The molecule has 1 aromatic rings. The summed E-state index contributed by atoms with van der Waals surface area (Å²) in [6.45, 7) is 2.49. The van der Waals surface area contributed by atoms with E-state index < -0.39 is 22.0 Å². The molecule has 8 nitrogen and oxygen atoms in total. The number of nitrogens with one attached hydrogen (secondary N) is 1. The highest BCUT2D eigenvalue weighted by molar-refractivity contribution is 7.89. The summed E-state index contributed by atoms with van der Waals surface area (Å²) in [6.07, 6.45) is 3.84. The number of carbonyl (C=O) groups excluding carboxylic acids is 1. The quantitative estimate of drug-likeness (QED) is 0.724. The first-order chi connectivity index (χ1) is 12.7. The molecule has 150 valence electrons. The van der Waals surface area contributed by atoms with Gasteiger partial charge >= 0.3 is 5.97 Å². The first-order valence-electron chi connectivity index (χ1n) is 9.05. The lowest BCUT2D eigenvalue weighted by molar-refractivity contribution is -0.142. The van der Waals surface area contributed by atoms with Gasteiger partial charge in [-0.1, -0.05) is 12.8 Å². The van der Waals surface area contributed by atoms with Crippen molar-refractivity contribution in [3.05, 3.63) is 24.3 Å². The van der Waals surface area contributed by atoms with Crippen molar-refractivity contribution in [2.24, 2.45) is 0 Å². The minimum atomic E-state index is -3.52. The zero-order chi connectivity index (χ0) is 20.0. The molecule has 0 spiro atoms. The predicted molar refractivity (Wildman–Crippen MR) is 102 cm³/mol. The number of anilines is 1. The number of hydrogen-bond acceptors (Lipinski definition) is 5. The molecule has 27 heavy (non-hydrogen) atoms. The summed E-state index contributed by atoms with van der Waals surface area (Å²) in [6, 6.07) is 5.28. The van der Waals surface area contributed by atoms with Gasteiger partial charge in [-0.25, -0.2) is 8.42 Å². The molecule has 1 aliphatic heterocycles. The van der Waals surface area contributed by atoms with Crippen LogP contribution in [0.2, 0.25) is 0 Å². The number of carboxylic acid groups (broad SMARTS) is 1. The molecular weight excluding hydrogens is 370 g/mol. The number of carboxylic acids is 1. The third-order valence-electron chi connectivity index (χ3n) is 4.75. The topological polar surface area (TPSA) is 107 Å². The number of nitrogens with zero attached hydrogens (tertiary/aromatic N) is 2. The second-order valence-corrected chi connectivity index (χ2v) is 8.76. The van der Waals surface area contributed by atoms with Crippen LogP contribution in [0, 0.1) is 0 Å². The van der Waals surface area contributed by atoms with Crippen LogP contribution >= 0.6 is 0 Å². The van der Waals surface area contributed by atoms with Crippen molar-refractivity contribution in [1.29, 1.82) is 0 Å². The van der Waals surface area contributed by atoms with Gasteiger partial charge in [0.2, 0.25) is 15.9 Å². The minimum absolute atomic E-state index is 0.0820. The zero-order valence-corrected chi connectivity index (χ0v) is 16.5. The molecule has 1 atom stereocenters. The number of benzene rings is 1. The fraction of sp³-hybridized carbons (Fsp3) is 0.556. The molecule has 1 heterocycles. The van der Waals surface area contributed by atoms with Crippen LogP contribution in [0.5, 0.6) is 0 Å². The van der Waals surface area contributed by atoms with Crippen molar-refractivity contribution in [2.45, 2.75) is 43.5 Å². The molecular formula is C18H27N3O5S. The molecule has 1 saturated heterocycles. The molecule has 0 aromatic heterocycles. The lowest BCUT2D eigenvalue weighted by Crippen LogP contribution is -2.40. The Morgan fingerprint density at radius 3 is 2.22 bits per heavy atom. The van der Waals surface area contributed by atoms with Gasteiger partial charge in [0.1, 0.15) is 6.04 Å². The highest BCUT2D eigenvalue weighted by Gasteiger charge is 2.25. The number of sulfonamides is 1. The maximum Gasteiger partial charge on any atom is 0.320 e. The van der Waals surface area contributed by atoms with E-state index in [-0.39, 0.29) is 17.3 Å². The van der Waals surface area contributed by atoms with Crippen LogP contribution in [-0.4, -0.2) is 67.3 Å². The summed E-state index contributed by atoms with van der Waals surface area (Å²) in [7, 11) is -1.97. The zero-order valence-electron chi connectivity index (χ0n) is 15.7. The molecule has 0 aliphatic carbocycles. The Kier molecular flexibility index (Phi) is 7.34. The third kappa shape index (κ3) is 5.75. The Hall–Kier alpha value is -1.97. The molecule has 1 aromatic carbocycles. The van der Waals surface area contributed by atoms with Crippen molar-refractivity contribution in [3.8, 4) is 0 Å². The summed E-state index contributed by atoms with van der Waals surface area (Å²) in [4.78, 5) is 24.6. The van der Waals surface area contributed by atoms with Crippen molar-refractivity contribution in [3.63, 3.8) is 0 Å². The molecule has 1 amide bonds. The van der Waals surface area contributed by atoms with Crippen LogP contribution in [0.3, 0.4) is 0 Å². The molecule has 1 fully saturated rings. The van der Waals surface area contributed by atoms with E-state index in [0.29, 0.717) is 18.8 Å². The number of carbonyl (C=O) groups is 2. The van der Waals surface area contributed by atoms with Gasteiger partial charge in [-0.3, -0.25) is 14.5 Å². The van der Waals surface area contributed by atoms with Crippen molar-refractivity contribution < 1.29 is 23.1 Å². The lowest BCUT2D eigenvalue weighted by atomic mass is 10.2. The Balaban J connectivity index is 2.00. The highest BCUT2D eigenvalue weighted by atomic mass is 32.2. The van der Waals surface area contributed by atoms with Gasteiger partial charge in [0.25, 0.3) is 0 Å². The van der Waals surface area contributed by atoms with Gasteiger partial charge < -0.3 is 10.4 Å². The van der Waals surface area contributed by atoms with Gasteiger partial charge in [-0.15, -0.1) is 0 Å². The van der Waals surface area contributed by atoms with Crippen LogP contribution in [0.4, 0.5) is 5.69 Å². The molecule has 1 aliphatic rings. The van der Waals surface area contributed by atoms with Gasteiger partial charge in [0.15, 0.2) is 0 Å². The molecule has 1 unspecified atom stereocenters. The normalized spacial score (nSPS) is 17.3. The molecule has 0 bridgehead atoms. The van der Waals surface area contributed by atoms with Gasteiger partial charge in [-0.2, -0.15) is 4.31 Å². The van der Waals surface area contributed by atoms with E-state index in [4.69, 9.17) is 5.11 Å². The van der Waals surface area contributed by atoms with E-state index in [1.807, 2.05) is 0 Å². The second-order valence-electron chi connectivity index (χ2n) is 6.82. The fourth-order valence-electron chi connectivity index (χ4n) is 2.89. The SMILES string of the molecule is CC(C(=O)O)N(C)CC(=O)Nc1ccc(S(=O)(=O)N2CCCCCC2)cc1. The van der Waals surface area contributed by atoms with E-state index in [1.54, 1.807) is 19.2 Å². The molecule has 2 rings (SSSR count). The van der Waals surface area contributed by atoms with Crippen molar-refractivity contribution >= 4 is 27.6 Å². The third-order valence-corrected chi connectivity index (χ3v) is 6.67. The standard InChI is InChI=1S/C18H27N3O5S/c1-14(18(23)24)20(2)13-17(22)19-15-7-9-16(10-8-15)27(25,26)21-11-5-3-4-6-12-21/h7-10,14H,3-6,11-13H2,1-2H3,(H,19,22)(H,23,24). The van der Waals surface area contributed by atoms with Gasteiger partial charge in [0, 0.05) is 18.8 Å². The van der Waals surface area contributed by atoms with E-state index in [1.165, 1.54) is 28.3 Å². The largest absolute Gasteiger partial charge is 0.480 e. The summed E-state index contributed by atoms with van der Waals surface area (Å²) in [5.74, 6) is -1.37. The Bertz CT molecular complexity index is 756. The van der Waals surface area contributed by atoms with Crippen molar-refractivity contribution in [1.82, 2.24) is 9.21 Å². The predicted octanol–water partition coefficient (Wildman–Crippen LogP) is 1.59. The average Bonchev–Trinajstić information content (AvgIpc) is 2.91. The first kappa shape index (κ1) is 21.3. The average molecular weight is 397 g/mol. The maximum absolute atomic E-state index is 12.7. The van der Waals surface area contributed by atoms with E-state index >= 15 is 0 Å². The monoisotopic (exact) mass is 397 g/mol. The number of likely N-dealkylation sites (N-methyl/N-ethyl adjacent to an activating group) is 1. The van der Waals surface area contributed by atoms with Crippen LogP contribution in [0.15, 0.2) is 29.2 Å². The summed E-state index contributed by atoms with van der Waals surface area (Å²) >= 11 is 0. The smallest absolute Gasteiger partial charge is 0.320 e. The number of aliphatic carboxylic acids is 1. The number of rotatable bonds is 7. The van der Waals surface area contributed by atoms with E-state index in [9.17, 15) is 18.0 Å². The Labute approximate surface area is 160 Å². The highest BCUT2D eigenvalue weighted by Crippen LogP contribution is 2.21. The van der Waals surface area contributed by atoms with Crippen molar-refractivity contribution in [2.75, 3.05) is 32.0 Å². The lowest BCUT2D eigenvalue weighted by Gasteiger charge is -2.21. The number of hydrogen-bond donors (Lipinski definition) is 2. The van der Waals surface area contributed by atoms with Gasteiger partial charge in [-0.05, 0) is 51.1 Å². The summed E-state index contributed by atoms with van der Waals surface area (Å²) in [5, 5.41) is 11.6. The van der Waals surface area contributed by atoms with Gasteiger partial charge in [0.05, 0.1) is 11.4 Å². The number of amides is 1. The first-order valence-corrected chi connectivity index (χ1v) is 10.5. The maximum atomic E-state index is 12.7. The summed E-state index contributed by atoms with van der Waals surface area (Å²) < 4.78 is 27.0. The Morgan fingerprint density at radius 1 is 1.15 bits per heavy atom. The molecule has 9 heteroatoms. The van der Waals surface area contributed by atoms with E-state index in [2.05, 4.69) is 5.32 Å². The van der Waals surface area contributed by atoms with E-state index in [0.717, 1.165) is 25.7 Å². The minimum Gasteiger partial charge on any atom is -0.480 e. The second kappa shape index (κ2) is 9.29. The van der Waals surface area contributed by atoms with Crippen LogP contribution in [0.1, 0.15) is 32.6 Å². The van der Waals surface area contributed by atoms with Crippen LogP contribution < -0.4 is 5.32 Å². The molecule has 2 N–H and O–H groups in total. The summed E-state index contributed by atoms with van der Waals surface area (Å²) in [5.41, 5.74) is 0.464. The fourth-order valence-corrected chi connectivity index (χ4v) is 4.41. The molecule has 0 saturated carbocycles. The molecule has 0 radical (unpaired) electrons.